The number of aromatic hydroxyl groups is 1. The summed E-state index contributed by atoms with van der Waals surface area (Å²) in [6, 6.07) is 8.62. The van der Waals surface area contributed by atoms with Crippen LogP contribution in [-0.2, 0) is 13.0 Å². The van der Waals surface area contributed by atoms with Gasteiger partial charge in [-0.1, -0.05) is 30.3 Å². The first-order valence-electron chi connectivity index (χ1n) is 7.30. The van der Waals surface area contributed by atoms with Gasteiger partial charge in [-0.25, -0.2) is 0 Å². The molecular formula is C19H16O4. The van der Waals surface area contributed by atoms with Crippen molar-refractivity contribution < 1.29 is 19.4 Å². The number of phenolic OH excluding ortho intramolecular Hbond substituents is 1. The highest BCUT2D eigenvalue weighted by atomic mass is 16.5. The fraction of sp³-hybridized carbons (Fsp3) is 0.158. The molecule has 0 aromatic heterocycles. The first kappa shape index (κ1) is 15.0. The minimum Gasteiger partial charge on any atom is -0.507 e. The number of carbonyl (C=O) groups is 2. The van der Waals surface area contributed by atoms with Crippen molar-refractivity contribution in [3.05, 3.63) is 70.8 Å². The van der Waals surface area contributed by atoms with E-state index in [-0.39, 0.29) is 29.5 Å². The molecule has 0 saturated heterocycles. The van der Waals surface area contributed by atoms with Crippen LogP contribution in [-0.4, -0.2) is 16.7 Å². The van der Waals surface area contributed by atoms with Crippen molar-refractivity contribution in [1.82, 2.24) is 0 Å². The van der Waals surface area contributed by atoms with Gasteiger partial charge in [-0.3, -0.25) is 9.59 Å². The van der Waals surface area contributed by atoms with Crippen LogP contribution in [0.25, 0.3) is 0 Å². The van der Waals surface area contributed by atoms with Crippen molar-refractivity contribution in [3.63, 3.8) is 0 Å². The minimum atomic E-state index is -0.305. The van der Waals surface area contributed by atoms with E-state index in [2.05, 4.69) is 6.58 Å². The Kier molecular flexibility index (Phi) is 3.74. The van der Waals surface area contributed by atoms with Gasteiger partial charge in [-0.05, 0) is 19.4 Å². The SMILES string of the molecule is C=CCc1c(O)c(C(C)=O)cc2c1OCc1ccccc1C2=O. The Morgan fingerprint density at radius 1 is 1.35 bits per heavy atom. The van der Waals surface area contributed by atoms with Crippen molar-refractivity contribution in [2.45, 2.75) is 20.0 Å². The molecular weight excluding hydrogens is 292 g/mol. The van der Waals surface area contributed by atoms with Gasteiger partial charge in [0.15, 0.2) is 11.6 Å². The highest BCUT2D eigenvalue weighted by Crippen LogP contribution is 2.39. The molecule has 2 aromatic carbocycles. The maximum atomic E-state index is 12.9. The van der Waals surface area contributed by atoms with E-state index in [0.717, 1.165) is 5.56 Å². The Balaban J connectivity index is 2.30. The predicted molar refractivity (Wildman–Crippen MR) is 86.2 cm³/mol. The zero-order valence-corrected chi connectivity index (χ0v) is 12.8. The lowest BCUT2D eigenvalue weighted by Crippen LogP contribution is -2.07. The summed E-state index contributed by atoms with van der Waals surface area (Å²) in [7, 11) is 0. The van der Waals surface area contributed by atoms with Gasteiger partial charge in [0, 0.05) is 16.7 Å². The molecule has 1 heterocycles. The number of allylic oxidation sites excluding steroid dienone is 1. The molecule has 0 radical (unpaired) electrons. The summed E-state index contributed by atoms with van der Waals surface area (Å²) >= 11 is 0. The van der Waals surface area contributed by atoms with Crippen LogP contribution in [0.4, 0.5) is 0 Å². The zero-order valence-electron chi connectivity index (χ0n) is 12.8. The van der Waals surface area contributed by atoms with Crippen molar-refractivity contribution in [3.8, 4) is 11.5 Å². The third-order valence-electron chi connectivity index (χ3n) is 3.95. The fourth-order valence-corrected chi connectivity index (χ4v) is 2.81. The number of phenols is 1. The van der Waals surface area contributed by atoms with E-state index in [9.17, 15) is 14.7 Å². The molecule has 0 amide bonds. The molecule has 23 heavy (non-hydrogen) atoms. The number of hydrogen-bond acceptors (Lipinski definition) is 4. The lowest BCUT2D eigenvalue weighted by atomic mass is 9.93. The van der Waals surface area contributed by atoms with Gasteiger partial charge in [0.25, 0.3) is 0 Å². The quantitative estimate of drug-likeness (QED) is 0.697. The first-order chi connectivity index (χ1) is 11.0. The maximum Gasteiger partial charge on any atom is 0.197 e. The van der Waals surface area contributed by atoms with E-state index >= 15 is 0 Å². The summed E-state index contributed by atoms with van der Waals surface area (Å²) in [6.45, 7) is 5.26. The highest BCUT2D eigenvalue weighted by Gasteiger charge is 2.28. The normalized spacial score (nSPS) is 12.7. The predicted octanol–water partition coefficient (Wildman–Crippen LogP) is 3.45. The van der Waals surface area contributed by atoms with Gasteiger partial charge in [-0.15, -0.1) is 6.58 Å². The molecule has 4 nitrogen and oxygen atoms in total. The Morgan fingerprint density at radius 3 is 2.78 bits per heavy atom. The zero-order chi connectivity index (χ0) is 16.6. The number of benzene rings is 2. The molecule has 1 aliphatic heterocycles. The Labute approximate surface area is 134 Å². The largest absolute Gasteiger partial charge is 0.507 e. The van der Waals surface area contributed by atoms with Gasteiger partial charge in [-0.2, -0.15) is 0 Å². The van der Waals surface area contributed by atoms with Gasteiger partial charge in [0.05, 0.1) is 11.1 Å². The van der Waals surface area contributed by atoms with Crippen LogP contribution < -0.4 is 4.74 Å². The summed E-state index contributed by atoms with van der Waals surface area (Å²) in [5.74, 6) is -0.328. The maximum absolute atomic E-state index is 12.9. The number of carbonyl (C=O) groups excluding carboxylic acids is 2. The van der Waals surface area contributed by atoms with E-state index in [1.807, 2.05) is 12.1 Å². The summed E-state index contributed by atoms with van der Waals surface area (Å²) in [6.07, 6.45) is 1.91. The summed E-state index contributed by atoms with van der Waals surface area (Å²) < 4.78 is 5.80. The summed E-state index contributed by atoms with van der Waals surface area (Å²) in [5, 5.41) is 10.4. The lowest BCUT2D eigenvalue weighted by molar-refractivity contribution is 0.101. The third-order valence-corrected chi connectivity index (χ3v) is 3.95. The molecule has 4 heteroatoms. The molecule has 3 rings (SSSR count). The topological polar surface area (TPSA) is 63.6 Å². The van der Waals surface area contributed by atoms with Crippen molar-refractivity contribution in [2.75, 3.05) is 0 Å². The van der Waals surface area contributed by atoms with Crippen LogP contribution in [0.2, 0.25) is 0 Å². The van der Waals surface area contributed by atoms with E-state index in [0.29, 0.717) is 28.9 Å². The van der Waals surface area contributed by atoms with Crippen LogP contribution in [0.1, 0.15) is 44.3 Å². The lowest BCUT2D eigenvalue weighted by Gasteiger charge is -2.15. The van der Waals surface area contributed by atoms with Crippen molar-refractivity contribution in [1.29, 1.82) is 0 Å². The molecule has 0 saturated carbocycles. The van der Waals surface area contributed by atoms with Crippen LogP contribution in [0.3, 0.4) is 0 Å². The Morgan fingerprint density at radius 2 is 2.09 bits per heavy atom. The smallest absolute Gasteiger partial charge is 0.197 e. The highest BCUT2D eigenvalue weighted by molar-refractivity contribution is 6.14. The Bertz CT molecular complexity index is 834. The average Bonchev–Trinajstić information content (AvgIpc) is 2.67. The molecule has 0 aliphatic carbocycles. The monoisotopic (exact) mass is 308 g/mol. The van der Waals surface area contributed by atoms with Crippen LogP contribution in [0.5, 0.6) is 11.5 Å². The average molecular weight is 308 g/mol. The summed E-state index contributed by atoms with van der Waals surface area (Å²) in [4.78, 5) is 24.7. The molecule has 116 valence electrons. The fourth-order valence-electron chi connectivity index (χ4n) is 2.81. The second-order valence-corrected chi connectivity index (χ2v) is 5.45. The third kappa shape index (κ3) is 2.42. The van der Waals surface area contributed by atoms with Crippen LogP contribution >= 0.6 is 0 Å². The van der Waals surface area contributed by atoms with Gasteiger partial charge >= 0.3 is 0 Å². The number of ether oxygens (including phenoxy) is 1. The first-order valence-corrected chi connectivity index (χ1v) is 7.30. The minimum absolute atomic E-state index is 0.122. The summed E-state index contributed by atoms with van der Waals surface area (Å²) in [5.41, 5.74) is 2.17. The van der Waals surface area contributed by atoms with Gasteiger partial charge < -0.3 is 9.84 Å². The molecule has 1 aliphatic rings. The second kappa shape index (κ2) is 5.72. The van der Waals surface area contributed by atoms with Gasteiger partial charge in [0.2, 0.25) is 0 Å². The number of fused-ring (bicyclic) bond motifs is 2. The molecule has 0 spiro atoms. The van der Waals surface area contributed by atoms with Crippen molar-refractivity contribution >= 4 is 11.6 Å². The molecule has 0 bridgehead atoms. The van der Waals surface area contributed by atoms with Gasteiger partial charge in [0.1, 0.15) is 18.1 Å². The van der Waals surface area contributed by atoms with Crippen LogP contribution in [0, 0.1) is 0 Å². The van der Waals surface area contributed by atoms with Crippen LogP contribution in [0.15, 0.2) is 43.0 Å². The number of hydrogen-bond donors (Lipinski definition) is 1. The van der Waals surface area contributed by atoms with E-state index in [1.165, 1.54) is 13.0 Å². The number of ketones is 2. The molecule has 1 N–H and O–H groups in total. The number of rotatable bonds is 3. The van der Waals surface area contributed by atoms with E-state index in [4.69, 9.17) is 4.74 Å². The van der Waals surface area contributed by atoms with Crippen molar-refractivity contribution in [2.24, 2.45) is 0 Å². The number of Topliss-reactive ketones (excluding diaryl/α,β-unsaturated/α-hetero) is 1. The Hall–Kier alpha value is -2.88. The van der Waals surface area contributed by atoms with E-state index in [1.54, 1.807) is 18.2 Å². The molecule has 0 unspecified atom stereocenters. The van der Waals surface area contributed by atoms with E-state index < -0.39 is 0 Å². The standard InChI is InChI=1S/C19H16O4/c1-3-6-14-18(22)15(11(2)20)9-16-17(21)13-8-5-4-7-12(13)10-23-19(14)16/h3-5,7-9,22H,1,6,10H2,2H3. The molecule has 0 fully saturated rings. The second-order valence-electron chi connectivity index (χ2n) is 5.45. The molecule has 2 aromatic rings. The molecule has 0 atom stereocenters.